The highest BCUT2D eigenvalue weighted by molar-refractivity contribution is 7.91. The van der Waals surface area contributed by atoms with E-state index >= 15 is 0 Å². The molecule has 0 spiro atoms. The second kappa shape index (κ2) is 9.74. The number of anilines is 2. The molecule has 0 aliphatic heterocycles. The molecule has 0 aromatic heterocycles. The number of rotatable bonds is 7. The summed E-state index contributed by atoms with van der Waals surface area (Å²) in [6, 6.07) is 9.29. The van der Waals surface area contributed by atoms with Gasteiger partial charge in [0.25, 0.3) is 10.9 Å². The van der Waals surface area contributed by atoms with Gasteiger partial charge in [-0.2, -0.15) is 0 Å². The summed E-state index contributed by atoms with van der Waals surface area (Å²) in [5.74, 6) is 0.237. The quantitative estimate of drug-likeness (QED) is 0.441. The van der Waals surface area contributed by atoms with Crippen LogP contribution in [0.25, 0.3) is 0 Å². The van der Waals surface area contributed by atoms with Crippen LogP contribution in [0.2, 0.25) is 0 Å². The first-order valence-electron chi connectivity index (χ1n) is 10.4. The molecule has 0 heterocycles. The summed E-state index contributed by atoms with van der Waals surface area (Å²) in [4.78, 5) is 36.0. The van der Waals surface area contributed by atoms with Gasteiger partial charge in [0.15, 0.2) is 11.4 Å². The molecule has 1 aliphatic carbocycles. The second-order valence-electron chi connectivity index (χ2n) is 8.82. The Morgan fingerprint density at radius 3 is 2.23 bits per heavy atom. The van der Waals surface area contributed by atoms with Crippen molar-refractivity contribution in [2.24, 2.45) is 0 Å². The topological polar surface area (TPSA) is 120 Å². The Morgan fingerprint density at radius 2 is 1.61 bits per heavy atom. The van der Waals surface area contributed by atoms with Crippen LogP contribution in [0.1, 0.15) is 52.0 Å². The van der Waals surface area contributed by atoms with Gasteiger partial charge in [-0.15, -0.1) is 0 Å². The zero-order valence-corrected chi connectivity index (χ0v) is 18.8. The van der Waals surface area contributed by atoms with Gasteiger partial charge in [-0.25, -0.2) is 9.52 Å². The molecule has 1 atom stereocenters. The third-order valence-electron chi connectivity index (χ3n) is 5.06. The maximum Gasteiger partial charge on any atom is 0.407 e. The fraction of sp³-hybridized carbons (Fsp3) is 0.500. The molecule has 1 saturated carbocycles. The predicted molar refractivity (Wildman–Crippen MR) is 122 cm³/mol. The summed E-state index contributed by atoms with van der Waals surface area (Å²) in [7, 11) is 0. The molecule has 2 aromatic rings. The van der Waals surface area contributed by atoms with Gasteiger partial charge >= 0.3 is 6.09 Å². The van der Waals surface area contributed by atoms with Gasteiger partial charge in [0, 0.05) is 17.6 Å². The molecule has 168 valence electrons. The highest BCUT2D eigenvalue weighted by atomic mass is 32.2. The molecule has 2 aromatic carbocycles. The zero-order valence-electron chi connectivity index (χ0n) is 18.0. The molecule has 3 N–H and O–H groups in total. The number of hydrogen-bond donors (Lipinski definition) is 3. The van der Waals surface area contributed by atoms with Crippen LogP contribution in [-0.2, 0) is 21.9 Å². The van der Waals surface area contributed by atoms with Crippen molar-refractivity contribution in [1.29, 1.82) is 0 Å². The standard InChI is InChI=1S/C22H29N3O5S/c1-22(2,3)30-21(28)24-16-11-9-15(10-12-16)23-17-18(20(27)19(17)26)25-31(29)13-14-7-5-4-6-8-14/h4-8,15-16,23,25H,9-13H2,1-3H3,(H,24,28). The molecule has 31 heavy (non-hydrogen) atoms. The Bertz CT molecular complexity index is 958. The maximum atomic E-state index is 12.4. The van der Waals surface area contributed by atoms with E-state index in [1.165, 1.54) is 0 Å². The van der Waals surface area contributed by atoms with Crippen molar-refractivity contribution < 1.29 is 14.1 Å². The van der Waals surface area contributed by atoms with Crippen LogP contribution < -0.4 is 26.2 Å². The average Bonchev–Trinajstić information content (AvgIpc) is 2.71. The minimum absolute atomic E-state index is 0.00287. The zero-order chi connectivity index (χ0) is 22.6. The monoisotopic (exact) mass is 447 g/mol. The molecule has 0 bridgehead atoms. The first-order chi connectivity index (χ1) is 14.6. The van der Waals surface area contributed by atoms with Crippen LogP contribution in [0.5, 0.6) is 0 Å². The number of alkyl carbamates (subject to hydrolysis) is 1. The largest absolute Gasteiger partial charge is 0.593 e. The lowest BCUT2D eigenvalue weighted by Crippen LogP contribution is -2.44. The lowest BCUT2D eigenvalue weighted by molar-refractivity contribution is 0.0492. The van der Waals surface area contributed by atoms with E-state index in [0.717, 1.165) is 31.2 Å². The van der Waals surface area contributed by atoms with Gasteiger partial charge in [0.05, 0.1) is 11.4 Å². The van der Waals surface area contributed by atoms with E-state index in [-0.39, 0.29) is 29.2 Å². The molecule has 1 unspecified atom stereocenters. The number of ether oxygens (including phenoxy) is 1. The van der Waals surface area contributed by atoms with Crippen LogP contribution in [0, 0.1) is 0 Å². The number of nitrogens with one attached hydrogen (secondary N) is 3. The second-order valence-corrected chi connectivity index (χ2v) is 10.0. The number of hydrogen-bond acceptors (Lipinski definition) is 7. The highest BCUT2D eigenvalue weighted by Gasteiger charge is 2.29. The Morgan fingerprint density at radius 1 is 1.03 bits per heavy atom. The fourth-order valence-corrected chi connectivity index (χ4v) is 4.55. The molecule has 9 heteroatoms. The summed E-state index contributed by atoms with van der Waals surface area (Å²) in [5.41, 5.74) is -0.617. The molecular formula is C22H29N3O5S. The van der Waals surface area contributed by atoms with Crippen LogP contribution in [-0.4, -0.2) is 28.3 Å². The number of benzene rings is 1. The van der Waals surface area contributed by atoms with Crippen LogP contribution in [0.4, 0.5) is 16.2 Å². The number of carbonyl (C=O) groups excluding carboxylic acids is 1. The summed E-state index contributed by atoms with van der Waals surface area (Å²) in [6.45, 7) is 5.45. The third-order valence-corrected chi connectivity index (χ3v) is 6.09. The van der Waals surface area contributed by atoms with E-state index < -0.39 is 33.9 Å². The van der Waals surface area contributed by atoms with E-state index in [4.69, 9.17) is 4.74 Å². The third kappa shape index (κ3) is 6.48. The van der Waals surface area contributed by atoms with Crippen molar-refractivity contribution in [2.45, 2.75) is 69.9 Å². The molecule has 1 amide bonds. The molecule has 0 saturated heterocycles. The van der Waals surface area contributed by atoms with Gasteiger partial charge < -0.3 is 19.9 Å². The van der Waals surface area contributed by atoms with Crippen LogP contribution in [0.3, 0.4) is 0 Å². The normalized spacial score (nSPS) is 20.1. The van der Waals surface area contributed by atoms with Gasteiger partial charge in [-0.05, 0) is 46.5 Å². The predicted octanol–water partition coefficient (Wildman–Crippen LogP) is 2.81. The molecule has 0 radical (unpaired) electrons. The van der Waals surface area contributed by atoms with Crippen LogP contribution in [0.15, 0.2) is 39.9 Å². The first-order valence-corrected chi connectivity index (χ1v) is 11.7. The van der Waals surface area contributed by atoms with E-state index in [1.807, 2.05) is 51.1 Å². The summed E-state index contributed by atoms with van der Waals surface area (Å²) < 4.78 is 20.3. The Labute approximate surface area is 184 Å². The van der Waals surface area contributed by atoms with E-state index in [0.29, 0.717) is 0 Å². The lowest BCUT2D eigenvalue weighted by atomic mass is 9.91. The average molecular weight is 448 g/mol. The van der Waals surface area contributed by atoms with Crippen molar-refractivity contribution in [1.82, 2.24) is 5.32 Å². The van der Waals surface area contributed by atoms with Gasteiger partial charge in [-0.1, -0.05) is 30.3 Å². The lowest BCUT2D eigenvalue weighted by Gasteiger charge is -2.31. The SMILES string of the molecule is CC(C)(C)OC(=O)NC1CCC(Nc2c(N[S+]([O-])Cc3ccccc3)c(=O)c2=O)CC1. The van der Waals surface area contributed by atoms with Gasteiger partial charge in [-0.3, -0.25) is 9.59 Å². The molecule has 3 rings (SSSR count). The smallest absolute Gasteiger partial charge is 0.407 e. The summed E-state index contributed by atoms with van der Waals surface area (Å²) in [6.07, 6.45) is 2.49. The van der Waals surface area contributed by atoms with Crippen molar-refractivity contribution in [3.8, 4) is 0 Å². The Balaban J connectivity index is 1.50. The number of amides is 1. The minimum Gasteiger partial charge on any atom is -0.593 e. The Kier molecular flexibility index (Phi) is 7.27. The molecule has 1 aliphatic rings. The summed E-state index contributed by atoms with van der Waals surface area (Å²) >= 11 is -1.52. The van der Waals surface area contributed by atoms with Crippen molar-refractivity contribution in [3.63, 3.8) is 0 Å². The van der Waals surface area contributed by atoms with E-state index in [9.17, 15) is 18.9 Å². The van der Waals surface area contributed by atoms with Crippen molar-refractivity contribution >= 4 is 28.8 Å². The Hall–Kier alpha value is -2.52. The fourth-order valence-electron chi connectivity index (χ4n) is 3.56. The van der Waals surface area contributed by atoms with E-state index in [1.54, 1.807) is 0 Å². The first kappa shape index (κ1) is 23.1. The van der Waals surface area contributed by atoms with Gasteiger partial charge in [0.2, 0.25) is 0 Å². The summed E-state index contributed by atoms with van der Waals surface area (Å²) in [5, 5.41) is 6.01. The number of carbonyl (C=O) groups is 1. The van der Waals surface area contributed by atoms with Crippen molar-refractivity contribution in [3.05, 3.63) is 56.3 Å². The molecular weight excluding hydrogens is 418 g/mol. The highest BCUT2D eigenvalue weighted by Crippen LogP contribution is 2.25. The van der Waals surface area contributed by atoms with Gasteiger partial charge in [0.1, 0.15) is 11.3 Å². The molecule has 1 fully saturated rings. The van der Waals surface area contributed by atoms with Crippen molar-refractivity contribution in [2.75, 3.05) is 10.0 Å². The maximum absolute atomic E-state index is 12.4. The molecule has 8 nitrogen and oxygen atoms in total. The van der Waals surface area contributed by atoms with Crippen LogP contribution >= 0.6 is 0 Å². The minimum atomic E-state index is -1.52. The van der Waals surface area contributed by atoms with E-state index in [2.05, 4.69) is 15.4 Å².